The number of nitrogens with zero attached hydrogens (tertiary/aromatic N) is 1. The molecule has 4 atom stereocenters. The molecule has 0 spiro atoms. The molecule has 1 rings (SSSR count). The summed E-state index contributed by atoms with van der Waals surface area (Å²) in [6, 6.07) is 4.87. The molecule has 0 unspecified atom stereocenters. The zero-order valence-electron chi connectivity index (χ0n) is 25.0. The number of hydrogen-bond acceptors (Lipinski definition) is 9. The van der Waals surface area contributed by atoms with Crippen LogP contribution in [0.4, 0.5) is 4.79 Å². The van der Waals surface area contributed by atoms with Gasteiger partial charge in [-0.3, -0.25) is 4.79 Å². The highest BCUT2D eigenvalue weighted by Gasteiger charge is 2.32. The van der Waals surface area contributed by atoms with E-state index in [0.717, 1.165) is 12.0 Å². The van der Waals surface area contributed by atoms with E-state index >= 15 is 0 Å². The van der Waals surface area contributed by atoms with Gasteiger partial charge in [0.05, 0.1) is 25.9 Å². The predicted molar refractivity (Wildman–Crippen MR) is 151 cm³/mol. The first-order valence-corrected chi connectivity index (χ1v) is 13.9. The van der Waals surface area contributed by atoms with Crippen LogP contribution in [0, 0.1) is 33.8 Å². The van der Waals surface area contributed by atoms with Gasteiger partial charge in [0.1, 0.15) is 6.61 Å². The lowest BCUT2D eigenvalue weighted by Crippen LogP contribution is -2.47. The summed E-state index contributed by atoms with van der Waals surface area (Å²) in [5.41, 5.74) is 0.978. The Labute approximate surface area is 242 Å². The van der Waals surface area contributed by atoms with Gasteiger partial charge in [0.25, 0.3) is 5.09 Å². The second-order valence-corrected chi connectivity index (χ2v) is 10.7. The molecule has 0 fully saturated rings. The molecule has 0 saturated carbocycles. The van der Waals surface area contributed by atoms with E-state index in [1.807, 2.05) is 45.9 Å². The molecular weight excluding hydrogens is 538 g/mol. The van der Waals surface area contributed by atoms with Crippen molar-refractivity contribution in [1.82, 2.24) is 10.6 Å². The van der Waals surface area contributed by atoms with Crippen LogP contribution < -0.4 is 20.1 Å². The van der Waals surface area contributed by atoms with Crippen LogP contribution in [0.1, 0.15) is 52.5 Å². The number of aliphatic hydroxyl groups excluding tert-OH is 1. The van der Waals surface area contributed by atoms with Gasteiger partial charge in [0, 0.05) is 32.6 Å². The third kappa shape index (κ3) is 13.7. The Morgan fingerprint density at radius 3 is 2.29 bits per heavy atom. The lowest BCUT2D eigenvalue weighted by Gasteiger charge is -2.32. The second kappa shape index (κ2) is 18.9. The minimum atomic E-state index is -1.27. The van der Waals surface area contributed by atoms with Crippen LogP contribution in [-0.2, 0) is 20.8 Å². The van der Waals surface area contributed by atoms with Gasteiger partial charge in [0.15, 0.2) is 11.5 Å². The number of methoxy groups -OCH3 is 2. The number of rotatable bonds is 21. The zero-order valence-corrected chi connectivity index (χ0v) is 25.0. The Morgan fingerprint density at radius 1 is 1.02 bits per heavy atom. The van der Waals surface area contributed by atoms with Gasteiger partial charge in [0.2, 0.25) is 5.91 Å². The molecule has 0 aliphatic heterocycles. The molecule has 4 N–H and O–H groups in total. The normalized spacial score (nSPS) is 14.2. The molecule has 1 aromatic carbocycles. The molecule has 1 aromatic rings. The van der Waals surface area contributed by atoms with Gasteiger partial charge in [-0.25, -0.2) is 4.79 Å². The predicted octanol–water partition coefficient (Wildman–Crippen LogP) is 3.30. The average molecular weight is 586 g/mol. The van der Waals surface area contributed by atoms with E-state index in [0.29, 0.717) is 37.6 Å². The number of carbonyl (C=O) groups excluding carboxylic acids is 1. The van der Waals surface area contributed by atoms with E-state index in [4.69, 9.17) is 14.2 Å². The molecule has 13 nitrogen and oxygen atoms in total. The van der Waals surface area contributed by atoms with Crippen molar-refractivity contribution in [3.63, 3.8) is 0 Å². The Bertz CT molecular complexity index is 944. The minimum Gasteiger partial charge on any atom is -0.493 e. The number of ether oxygens (including phenoxy) is 3. The van der Waals surface area contributed by atoms with E-state index in [1.54, 1.807) is 14.2 Å². The summed E-state index contributed by atoms with van der Waals surface area (Å²) in [7, 11) is 3.20. The molecule has 13 heteroatoms. The molecule has 0 aliphatic rings. The maximum atomic E-state index is 12.8. The minimum absolute atomic E-state index is 0.0113. The van der Waals surface area contributed by atoms with E-state index in [9.17, 15) is 29.9 Å². The molecular formula is C28H47N3O10. The summed E-state index contributed by atoms with van der Waals surface area (Å²) in [4.78, 5) is 39.0. The highest BCUT2D eigenvalue weighted by Crippen LogP contribution is 2.32. The molecule has 0 bridgehead atoms. The summed E-state index contributed by atoms with van der Waals surface area (Å²) in [5.74, 6) is 0.150. The zero-order chi connectivity index (χ0) is 30.9. The molecule has 2 amide bonds. The van der Waals surface area contributed by atoms with Gasteiger partial charge >= 0.3 is 6.09 Å². The van der Waals surface area contributed by atoms with Crippen molar-refractivity contribution in [2.45, 2.75) is 65.5 Å². The van der Waals surface area contributed by atoms with E-state index < -0.39 is 35.2 Å². The topological polar surface area (TPSA) is 179 Å². The summed E-state index contributed by atoms with van der Waals surface area (Å²) in [6.07, 6.45) is -0.736. The van der Waals surface area contributed by atoms with Gasteiger partial charge in [-0.2, -0.15) is 0 Å². The number of carbonyl (C=O) groups is 2. The maximum Gasteiger partial charge on any atom is 0.404 e. The Hall–Kier alpha value is -3.32. The van der Waals surface area contributed by atoms with Crippen LogP contribution in [0.25, 0.3) is 0 Å². The largest absolute Gasteiger partial charge is 0.493 e. The highest BCUT2D eigenvalue weighted by molar-refractivity contribution is 5.78. The third-order valence-corrected chi connectivity index (χ3v) is 6.98. The van der Waals surface area contributed by atoms with E-state index in [-0.39, 0.29) is 37.3 Å². The number of aliphatic hydroxyl groups is 1. The first-order valence-electron chi connectivity index (χ1n) is 13.9. The van der Waals surface area contributed by atoms with Gasteiger partial charge in [-0.1, -0.05) is 33.8 Å². The van der Waals surface area contributed by atoms with Crippen LogP contribution >= 0.6 is 0 Å². The molecule has 41 heavy (non-hydrogen) atoms. The first-order chi connectivity index (χ1) is 19.4. The van der Waals surface area contributed by atoms with Crippen molar-refractivity contribution >= 4 is 12.0 Å². The first kappa shape index (κ1) is 35.7. The summed E-state index contributed by atoms with van der Waals surface area (Å²) in [5, 5.41) is 35.1. The fourth-order valence-electron chi connectivity index (χ4n) is 4.57. The van der Waals surface area contributed by atoms with E-state index in [1.165, 1.54) is 0 Å². The number of carboxylic acid groups (broad SMARTS) is 1. The SMILES string of the molecule is COCCCOc1cc(C[C@H](C[C@H](NC(=O)O)[C@H](O)C[C@H](C(=O)NCCO[N+](=O)[O-])C(C)C)C(C)C)ccc1OC. The van der Waals surface area contributed by atoms with Crippen LogP contribution in [0.15, 0.2) is 18.2 Å². The lowest BCUT2D eigenvalue weighted by molar-refractivity contribution is -0.757. The lowest BCUT2D eigenvalue weighted by atomic mass is 9.80. The second-order valence-electron chi connectivity index (χ2n) is 10.7. The van der Waals surface area contributed by atoms with Crippen molar-refractivity contribution in [1.29, 1.82) is 0 Å². The highest BCUT2D eigenvalue weighted by atomic mass is 16.9. The van der Waals surface area contributed by atoms with Crippen molar-refractivity contribution in [2.75, 3.05) is 40.6 Å². The van der Waals surface area contributed by atoms with Crippen LogP contribution in [-0.4, -0.2) is 80.0 Å². The number of amides is 2. The molecule has 0 aliphatic carbocycles. The number of nitrogens with one attached hydrogen (secondary N) is 2. The maximum absolute atomic E-state index is 12.8. The summed E-state index contributed by atoms with van der Waals surface area (Å²) >= 11 is 0. The number of hydrogen-bond donors (Lipinski definition) is 4. The molecule has 0 aromatic heterocycles. The van der Waals surface area contributed by atoms with Gasteiger partial charge < -0.3 is 39.9 Å². The van der Waals surface area contributed by atoms with Crippen molar-refractivity contribution < 1.29 is 43.9 Å². The van der Waals surface area contributed by atoms with Crippen molar-refractivity contribution in [3.05, 3.63) is 33.9 Å². The van der Waals surface area contributed by atoms with Gasteiger partial charge in [-0.05, 0) is 54.7 Å². The average Bonchev–Trinajstić information content (AvgIpc) is 2.90. The van der Waals surface area contributed by atoms with Gasteiger partial charge in [-0.15, -0.1) is 10.1 Å². The molecule has 0 saturated heterocycles. The Balaban J connectivity index is 3.02. The Morgan fingerprint density at radius 2 is 1.73 bits per heavy atom. The fourth-order valence-corrected chi connectivity index (χ4v) is 4.57. The van der Waals surface area contributed by atoms with Crippen LogP contribution in [0.5, 0.6) is 11.5 Å². The van der Waals surface area contributed by atoms with Crippen LogP contribution in [0.3, 0.4) is 0 Å². The smallest absolute Gasteiger partial charge is 0.404 e. The van der Waals surface area contributed by atoms with E-state index in [2.05, 4.69) is 15.5 Å². The summed E-state index contributed by atoms with van der Waals surface area (Å²) in [6.45, 7) is 8.40. The van der Waals surface area contributed by atoms with Crippen molar-refractivity contribution in [2.24, 2.45) is 23.7 Å². The number of benzene rings is 1. The quantitative estimate of drug-likeness (QED) is 0.0950. The monoisotopic (exact) mass is 585 g/mol. The standard InChI is InChI=1S/C28H47N3O10/c1-18(2)21(14-20-8-9-25(39-6)26(15-20)40-12-7-11-38-5)16-23(30-28(34)35)24(32)17-22(19(3)4)27(33)29-10-13-41-31(36)37/h8-9,15,18-19,21-24,30,32H,7,10-14,16-17H2,1-6H3,(H,29,33)(H,34,35)/t21-,22+,23+,24-/m1/s1. The van der Waals surface area contributed by atoms with Crippen LogP contribution in [0.2, 0.25) is 0 Å². The third-order valence-electron chi connectivity index (χ3n) is 6.98. The molecule has 0 heterocycles. The Kier molecular flexibility index (Phi) is 16.5. The summed E-state index contributed by atoms with van der Waals surface area (Å²) < 4.78 is 16.4. The molecule has 234 valence electrons. The van der Waals surface area contributed by atoms with Crippen molar-refractivity contribution in [3.8, 4) is 11.5 Å². The fraction of sp³-hybridized carbons (Fsp3) is 0.714. The molecule has 0 radical (unpaired) electrons.